The van der Waals surface area contributed by atoms with Gasteiger partial charge in [-0.25, -0.2) is 0 Å². The highest BCUT2D eigenvalue weighted by atomic mass is 16.6. The van der Waals surface area contributed by atoms with Crippen molar-refractivity contribution >= 4 is 11.4 Å². The molecule has 2 rings (SSSR count). The minimum Gasteiger partial charge on any atom is -0.486 e. The van der Waals surface area contributed by atoms with Crippen LogP contribution in [0.2, 0.25) is 0 Å². The molecule has 0 fully saturated rings. The van der Waals surface area contributed by atoms with Crippen molar-refractivity contribution in [2.75, 3.05) is 44.9 Å². The zero-order valence-electron chi connectivity index (χ0n) is 12.8. The highest BCUT2D eigenvalue weighted by Crippen LogP contribution is 2.37. The molecule has 1 aliphatic heterocycles. The Kier molecular flexibility index (Phi) is 4.60. The number of fused-ring (bicyclic) bond motifs is 1. The molecule has 0 amide bonds. The number of likely N-dealkylation sites (N-methyl/N-ethyl adjacent to an activating group) is 1. The molecule has 1 heterocycles. The minimum absolute atomic E-state index is 0.329. The van der Waals surface area contributed by atoms with Crippen LogP contribution in [0.4, 0.5) is 11.4 Å². The summed E-state index contributed by atoms with van der Waals surface area (Å²) in [6, 6.07) is 4.11. The van der Waals surface area contributed by atoms with Crippen molar-refractivity contribution in [2.24, 2.45) is 5.92 Å². The van der Waals surface area contributed by atoms with Gasteiger partial charge in [-0.15, -0.1) is 0 Å². The predicted molar refractivity (Wildman–Crippen MR) is 82.6 cm³/mol. The monoisotopic (exact) mass is 279 g/mol. The van der Waals surface area contributed by atoms with Crippen molar-refractivity contribution in [3.63, 3.8) is 0 Å². The molecule has 112 valence electrons. The number of hydrogen-bond acceptors (Lipinski definition) is 5. The molecule has 0 bridgehead atoms. The topological polar surface area (TPSA) is 59.8 Å². The van der Waals surface area contributed by atoms with E-state index in [-0.39, 0.29) is 0 Å². The standard InChI is InChI=1S/C15H25N3O2/c1-10(2)13(9-18(3)4)17-12-8-15-14(7-11(12)16)19-5-6-20-15/h7-8,10,13,17H,5-6,9,16H2,1-4H3. The molecule has 0 saturated heterocycles. The van der Waals surface area contributed by atoms with Gasteiger partial charge in [0.2, 0.25) is 0 Å². The van der Waals surface area contributed by atoms with E-state index < -0.39 is 0 Å². The zero-order chi connectivity index (χ0) is 14.7. The van der Waals surface area contributed by atoms with Gasteiger partial charge in [-0.1, -0.05) is 13.8 Å². The van der Waals surface area contributed by atoms with Gasteiger partial charge in [-0.2, -0.15) is 0 Å². The number of anilines is 2. The van der Waals surface area contributed by atoms with Crippen LogP contribution in [-0.2, 0) is 0 Å². The van der Waals surface area contributed by atoms with E-state index in [0.717, 1.165) is 23.7 Å². The second kappa shape index (κ2) is 6.22. The van der Waals surface area contributed by atoms with Crippen LogP contribution >= 0.6 is 0 Å². The SMILES string of the molecule is CC(C)C(CN(C)C)Nc1cc2c(cc1N)OCCO2. The van der Waals surface area contributed by atoms with Gasteiger partial charge < -0.3 is 25.4 Å². The maximum atomic E-state index is 6.11. The summed E-state index contributed by atoms with van der Waals surface area (Å²) < 4.78 is 11.1. The summed E-state index contributed by atoms with van der Waals surface area (Å²) in [5, 5.41) is 3.53. The molecule has 0 aliphatic carbocycles. The smallest absolute Gasteiger partial charge is 0.163 e. The second-order valence-corrected chi connectivity index (χ2v) is 5.84. The van der Waals surface area contributed by atoms with Crippen molar-refractivity contribution in [1.29, 1.82) is 0 Å². The average molecular weight is 279 g/mol. The Labute approximate surface area is 121 Å². The van der Waals surface area contributed by atoms with Crippen molar-refractivity contribution in [1.82, 2.24) is 4.90 Å². The highest BCUT2D eigenvalue weighted by molar-refractivity contribution is 5.72. The third kappa shape index (κ3) is 3.48. The van der Waals surface area contributed by atoms with Crippen LogP contribution in [0.1, 0.15) is 13.8 Å². The second-order valence-electron chi connectivity index (χ2n) is 5.84. The van der Waals surface area contributed by atoms with Gasteiger partial charge in [-0.05, 0) is 20.0 Å². The van der Waals surface area contributed by atoms with Crippen LogP contribution < -0.4 is 20.5 Å². The Morgan fingerprint density at radius 1 is 1.20 bits per heavy atom. The lowest BCUT2D eigenvalue weighted by Crippen LogP contribution is -2.36. The van der Waals surface area contributed by atoms with E-state index in [0.29, 0.717) is 30.9 Å². The number of benzene rings is 1. The number of ether oxygens (including phenoxy) is 2. The maximum Gasteiger partial charge on any atom is 0.163 e. The quantitative estimate of drug-likeness (QED) is 0.808. The molecule has 5 heteroatoms. The summed E-state index contributed by atoms with van der Waals surface area (Å²) in [7, 11) is 4.15. The van der Waals surface area contributed by atoms with Crippen molar-refractivity contribution in [3.8, 4) is 11.5 Å². The number of nitrogens with zero attached hydrogens (tertiary/aromatic N) is 1. The fraction of sp³-hybridized carbons (Fsp3) is 0.600. The fourth-order valence-electron chi connectivity index (χ4n) is 2.25. The third-order valence-electron chi connectivity index (χ3n) is 3.42. The zero-order valence-corrected chi connectivity index (χ0v) is 12.8. The molecule has 0 saturated carbocycles. The number of rotatable bonds is 5. The number of nitrogens with one attached hydrogen (secondary N) is 1. The van der Waals surface area contributed by atoms with Crippen molar-refractivity contribution < 1.29 is 9.47 Å². The van der Waals surface area contributed by atoms with Gasteiger partial charge in [0.05, 0.1) is 11.4 Å². The van der Waals surface area contributed by atoms with Crippen LogP contribution in [0.3, 0.4) is 0 Å². The van der Waals surface area contributed by atoms with Gasteiger partial charge in [0.1, 0.15) is 13.2 Å². The summed E-state index contributed by atoms with van der Waals surface area (Å²) in [5.74, 6) is 2.00. The molecule has 0 radical (unpaired) electrons. The van der Waals surface area contributed by atoms with Crippen LogP contribution in [-0.4, -0.2) is 44.8 Å². The lowest BCUT2D eigenvalue weighted by atomic mass is 10.0. The summed E-state index contributed by atoms with van der Waals surface area (Å²) in [6.07, 6.45) is 0. The van der Waals surface area contributed by atoms with Crippen molar-refractivity contribution in [3.05, 3.63) is 12.1 Å². The van der Waals surface area contributed by atoms with Gasteiger partial charge >= 0.3 is 0 Å². The first-order valence-corrected chi connectivity index (χ1v) is 7.07. The molecule has 3 N–H and O–H groups in total. The number of nitrogens with two attached hydrogens (primary N) is 1. The predicted octanol–water partition coefficient (Wildman–Crippen LogP) is 2.04. The Morgan fingerprint density at radius 2 is 1.80 bits per heavy atom. The molecule has 1 aromatic carbocycles. The molecule has 20 heavy (non-hydrogen) atoms. The molecule has 0 aromatic heterocycles. The number of nitrogen functional groups attached to an aromatic ring is 1. The minimum atomic E-state index is 0.329. The van der Waals surface area contributed by atoms with Crippen LogP contribution in [0.25, 0.3) is 0 Å². The van der Waals surface area contributed by atoms with Crippen LogP contribution in [0.15, 0.2) is 12.1 Å². The number of hydrogen-bond donors (Lipinski definition) is 2. The highest BCUT2D eigenvalue weighted by Gasteiger charge is 2.19. The Balaban J connectivity index is 2.19. The van der Waals surface area contributed by atoms with E-state index in [4.69, 9.17) is 15.2 Å². The first-order chi connectivity index (χ1) is 9.47. The first kappa shape index (κ1) is 14.8. The van der Waals surface area contributed by atoms with E-state index in [1.807, 2.05) is 12.1 Å². The summed E-state index contributed by atoms with van der Waals surface area (Å²) >= 11 is 0. The molecular formula is C15H25N3O2. The van der Waals surface area contributed by atoms with Crippen LogP contribution in [0.5, 0.6) is 11.5 Å². The lowest BCUT2D eigenvalue weighted by molar-refractivity contribution is 0.172. The summed E-state index contributed by atoms with van der Waals surface area (Å²) in [6.45, 7) is 6.52. The molecule has 1 atom stereocenters. The first-order valence-electron chi connectivity index (χ1n) is 7.07. The van der Waals surface area contributed by atoms with Gasteiger partial charge in [-0.3, -0.25) is 0 Å². The fourth-order valence-corrected chi connectivity index (χ4v) is 2.25. The normalized spacial score (nSPS) is 15.5. The Hall–Kier alpha value is -1.62. The van der Waals surface area contributed by atoms with E-state index in [1.54, 1.807) is 0 Å². The van der Waals surface area contributed by atoms with Gasteiger partial charge in [0.15, 0.2) is 11.5 Å². The molecule has 1 aliphatic rings. The largest absolute Gasteiger partial charge is 0.486 e. The Bertz CT molecular complexity index is 461. The van der Waals surface area contributed by atoms with Gasteiger partial charge in [0, 0.05) is 24.7 Å². The van der Waals surface area contributed by atoms with E-state index in [2.05, 4.69) is 38.2 Å². The molecule has 1 unspecified atom stereocenters. The molecule has 5 nitrogen and oxygen atoms in total. The molecule has 1 aromatic rings. The third-order valence-corrected chi connectivity index (χ3v) is 3.42. The van der Waals surface area contributed by atoms with Crippen molar-refractivity contribution in [2.45, 2.75) is 19.9 Å². The van der Waals surface area contributed by atoms with E-state index in [1.165, 1.54) is 0 Å². The summed E-state index contributed by atoms with van der Waals surface area (Å²) in [4.78, 5) is 2.17. The maximum absolute atomic E-state index is 6.11. The van der Waals surface area contributed by atoms with E-state index >= 15 is 0 Å². The van der Waals surface area contributed by atoms with Gasteiger partial charge in [0.25, 0.3) is 0 Å². The van der Waals surface area contributed by atoms with Crippen LogP contribution in [0, 0.1) is 5.92 Å². The van der Waals surface area contributed by atoms with E-state index in [9.17, 15) is 0 Å². The summed E-state index contributed by atoms with van der Waals surface area (Å²) in [5.41, 5.74) is 7.72. The average Bonchev–Trinajstić information content (AvgIpc) is 2.38. The Morgan fingerprint density at radius 3 is 2.35 bits per heavy atom. The molecule has 0 spiro atoms. The lowest BCUT2D eigenvalue weighted by Gasteiger charge is -2.28. The molecular weight excluding hydrogens is 254 g/mol.